The van der Waals surface area contributed by atoms with Gasteiger partial charge < -0.3 is 10.6 Å². The SMILES string of the molecule is CC(=O)c1ccc(NC(=O)/C(C)=C\C(=O)Nc2ccc(C(C)(C)C)cc2)cc1. The van der Waals surface area contributed by atoms with Crippen LogP contribution in [-0.2, 0) is 15.0 Å². The first-order valence-electron chi connectivity index (χ1n) is 9.08. The summed E-state index contributed by atoms with van der Waals surface area (Å²) in [5.74, 6) is -0.793. The van der Waals surface area contributed by atoms with Gasteiger partial charge in [-0.3, -0.25) is 14.4 Å². The predicted molar refractivity (Wildman–Crippen MR) is 113 cm³/mol. The number of anilines is 2. The molecule has 0 atom stereocenters. The number of carbonyl (C=O) groups is 3. The standard InChI is InChI=1S/C23H26N2O3/c1-15(22(28)25-20-10-6-17(7-11-20)16(2)26)14-21(27)24-19-12-8-18(9-13-19)23(3,4)5/h6-14H,1-5H3,(H,24,27)(H,25,28)/b15-14-. The van der Waals surface area contributed by atoms with Gasteiger partial charge in [0.15, 0.2) is 5.78 Å². The van der Waals surface area contributed by atoms with Gasteiger partial charge in [-0.25, -0.2) is 0 Å². The molecule has 0 unspecified atom stereocenters. The number of Topliss-reactive ketones (excluding diaryl/α,β-unsaturated/α-hetero) is 1. The average Bonchev–Trinajstić information content (AvgIpc) is 2.61. The molecule has 0 radical (unpaired) electrons. The fourth-order valence-corrected chi connectivity index (χ4v) is 2.51. The van der Waals surface area contributed by atoms with Crippen LogP contribution in [0.3, 0.4) is 0 Å². The van der Waals surface area contributed by atoms with Crippen LogP contribution < -0.4 is 10.6 Å². The summed E-state index contributed by atoms with van der Waals surface area (Å²) in [6, 6.07) is 14.2. The zero-order chi connectivity index (χ0) is 20.9. The Hall–Kier alpha value is -3.21. The first-order valence-corrected chi connectivity index (χ1v) is 9.08. The van der Waals surface area contributed by atoms with Gasteiger partial charge in [0.25, 0.3) is 5.91 Å². The highest BCUT2D eigenvalue weighted by Gasteiger charge is 2.13. The molecule has 2 aromatic carbocycles. The molecule has 0 aliphatic carbocycles. The number of benzene rings is 2. The van der Waals surface area contributed by atoms with Crippen LogP contribution in [0.25, 0.3) is 0 Å². The summed E-state index contributed by atoms with van der Waals surface area (Å²) in [7, 11) is 0. The summed E-state index contributed by atoms with van der Waals surface area (Å²) < 4.78 is 0. The number of ketones is 1. The number of amides is 2. The van der Waals surface area contributed by atoms with Crippen LogP contribution in [-0.4, -0.2) is 17.6 Å². The molecular weight excluding hydrogens is 352 g/mol. The van der Waals surface area contributed by atoms with Gasteiger partial charge in [0.05, 0.1) is 0 Å². The second-order valence-electron chi connectivity index (χ2n) is 7.73. The normalized spacial score (nSPS) is 11.7. The Morgan fingerprint density at radius 3 is 1.79 bits per heavy atom. The zero-order valence-corrected chi connectivity index (χ0v) is 16.9. The highest BCUT2D eigenvalue weighted by molar-refractivity contribution is 6.10. The molecule has 0 bridgehead atoms. The Morgan fingerprint density at radius 1 is 0.786 bits per heavy atom. The van der Waals surface area contributed by atoms with Crippen molar-refractivity contribution in [1.82, 2.24) is 0 Å². The number of nitrogens with one attached hydrogen (secondary N) is 2. The fourth-order valence-electron chi connectivity index (χ4n) is 2.51. The summed E-state index contributed by atoms with van der Waals surface area (Å²) in [5, 5.41) is 5.46. The summed E-state index contributed by atoms with van der Waals surface area (Å²) in [6.07, 6.45) is 1.26. The predicted octanol–water partition coefficient (Wildman–Crippen LogP) is 4.71. The first-order chi connectivity index (χ1) is 13.1. The highest BCUT2D eigenvalue weighted by atomic mass is 16.2. The van der Waals surface area contributed by atoms with E-state index >= 15 is 0 Å². The molecule has 0 saturated carbocycles. The topological polar surface area (TPSA) is 75.3 Å². The van der Waals surface area contributed by atoms with E-state index in [9.17, 15) is 14.4 Å². The molecule has 5 nitrogen and oxygen atoms in total. The van der Waals surface area contributed by atoms with Gasteiger partial charge in [0.2, 0.25) is 5.91 Å². The van der Waals surface area contributed by atoms with Crippen molar-refractivity contribution in [3.63, 3.8) is 0 Å². The Balaban J connectivity index is 1.98. The molecule has 2 N–H and O–H groups in total. The zero-order valence-electron chi connectivity index (χ0n) is 16.9. The van der Waals surface area contributed by atoms with Crippen LogP contribution in [0, 0.1) is 0 Å². The maximum atomic E-state index is 12.2. The van der Waals surface area contributed by atoms with Gasteiger partial charge in [-0.1, -0.05) is 32.9 Å². The molecule has 2 rings (SSSR count). The van der Waals surface area contributed by atoms with E-state index < -0.39 is 0 Å². The third-order valence-corrected chi connectivity index (χ3v) is 4.27. The number of hydrogen-bond donors (Lipinski definition) is 2. The van der Waals surface area contributed by atoms with E-state index in [1.807, 2.05) is 24.3 Å². The largest absolute Gasteiger partial charge is 0.323 e. The Bertz CT molecular complexity index is 902. The van der Waals surface area contributed by atoms with Gasteiger partial charge in [-0.15, -0.1) is 0 Å². The molecule has 0 spiro atoms. The quantitative estimate of drug-likeness (QED) is 0.584. The van der Waals surface area contributed by atoms with Crippen LogP contribution in [0.1, 0.15) is 50.5 Å². The first kappa shape index (κ1) is 21.1. The maximum absolute atomic E-state index is 12.2. The lowest BCUT2D eigenvalue weighted by atomic mass is 9.87. The number of rotatable bonds is 5. The minimum absolute atomic E-state index is 0.0406. The molecule has 5 heteroatoms. The lowest BCUT2D eigenvalue weighted by Gasteiger charge is -2.19. The fraction of sp³-hybridized carbons (Fsp3) is 0.261. The Kier molecular flexibility index (Phi) is 6.52. The second kappa shape index (κ2) is 8.65. The van der Waals surface area contributed by atoms with Crippen LogP contribution in [0.15, 0.2) is 60.2 Å². The molecule has 0 aliphatic heterocycles. The highest BCUT2D eigenvalue weighted by Crippen LogP contribution is 2.23. The van der Waals surface area contributed by atoms with Gasteiger partial charge >= 0.3 is 0 Å². The number of carbonyl (C=O) groups excluding carboxylic acids is 3. The molecule has 0 heterocycles. The van der Waals surface area contributed by atoms with Crippen molar-refractivity contribution in [3.8, 4) is 0 Å². The average molecular weight is 378 g/mol. The van der Waals surface area contributed by atoms with Gasteiger partial charge in [0, 0.05) is 28.6 Å². The summed E-state index contributed by atoms with van der Waals surface area (Å²) >= 11 is 0. The van der Waals surface area contributed by atoms with Crippen molar-refractivity contribution < 1.29 is 14.4 Å². The van der Waals surface area contributed by atoms with Gasteiger partial charge in [0.1, 0.15) is 0 Å². The van der Waals surface area contributed by atoms with E-state index in [0.29, 0.717) is 16.9 Å². The molecule has 28 heavy (non-hydrogen) atoms. The molecule has 0 aromatic heterocycles. The molecule has 146 valence electrons. The van der Waals surface area contributed by atoms with Crippen LogP contribution in [0.2, 0.25) is 0 Å². The molecule has 0 saturated heterocycles. The lowest BCUT2D eigenvalue weighted by molar-refractivity contribution is -0.114. The Morgan fingerprint density at radius 2 is 1.29 bits per heavy atom. The van der Waals surface area contributed by atoms with Gasteiger partial charge in [-0.05, 0) is 61.2 Å². The van der Waals surface area contributed by atoms with Crippen molar-refractivity contribution in [2.45, 2.75) is 40.0 Å². The third kappa shape index (κ3) is 5.91. The van der Waals surface area contributed by atoms with Crippen molar-refractivity contribution in [2.24, 2.45) is 0 Å². The smallest absolute Gasteiger partial charge is 0.251 e. The summed E-state index contributed by atoms with van der Waals surface area (Å²) in [4.78, 5) is 35.7. The van der Waals surface area contributed by atoms with Crippen LogP contribution >= 0.6 is 0 Å². The Labute approximate surface area is 165 Å². The van der Waals surface area contributed by atoms with E-state index in [2.05, 4.69) is 31.4 Å². The molecule has 2 aromatic rings. The van der Waals surface area contributed by atoms with Crippen LogP contribution in [0.4, 0.5) is 11.4 Å². The third-order valence-electron chi connectivity index (χ3n) is 4.27. The van der Waals surface area contributed by atoms with E-state index in [0.717, 1.165) is 0 Å². The molecular formula is C23H26N2O3. The van der Waals surface area contributed by atoms with Crippen molar-refractivity contribution in [1.29, 1.82) is 0 Å². The van der Waals surface area contributed by atoms with E-state index in [1.54, 1.807) is 31.2 Å². The van der Waals surface area contributed by atoms with E-state index in [1.165, 1.54) is 18.6 Å². The van der Waals surface area contributed by atoms with Crippen molar-refractivity contribution in [2.75, 3.05) is 10.6 Å². The maximum Gasteiger partial charge on any atom is 0.251 e. The number of hydrogen-bond acceptors (Lipinski definition) is 3. The lowest BCUT2D eigenvalue weighted by Crippen LogP contribution is -2.16. The molecule has 0 fully saturated rings. The van der Waals surface area contributed by atoms with E-state index in [-0.39, 0.29) is 28.6 Å². The van der Waals surface area contributed by atoms with Gasteiger partial charge in [-0.2, -0.15) is 0 Å². The second-order valence-corrected chi connectivity index (χ2v) is 7.73. The van der Waals surface area contributed by atoms with Crippen molar-refractivity contribution >= 4 is 29.0 Å². The summed E-state index contributed by atoms with van der Waals surface area (Å²) in [5.41, 5.74) is 3.29. The molecule has 0 aliphatic rings. The monoisotopic (exact) mass is 378 g/mol. The molecule has 2 amide bonds. The minimum atomic E-state index is -0.381. The van der Waals surface area contributed by atoms with Crippen molar-refractivity contribution in [3.05, 3.63) is 71.3 Å². The van der Waals surface area contributed by atoms with E-state index in [4.69, 9.17) is 0 Å². The van der Waals surface area contributed by atoms with Crippen LogP contribution in [0.5, 0.6) is 0 Å². The summed E-state index contributed by atoms with van der Waals surface area (Å²) in [6.45, 7) is 9.42. The minimum Gasteiger partial charge on any atom is -0.323 e.